The Kier molecular flexibility index (Phi) is 6.52. The van der Waals surface area contributed by atoms with Crippen molar-refractivity contribution in [2.45, 2.75) is 45.1 Å². The zero-order valence-electron chi connectivity index (χ0n) is 18.0. The van der Waals surface area contributed by atoms with Gasteiger partial charge in [0.25, 0.3) is 10.0 Å². The number of imidazole rings is 1. The summed E-state index contributed by atoms with van der Waals surface area (Å²) in [7, 11) is -1.87. The van der Waals surface area contributed by atoms with Crippen molar-refractivity contribution >= 4 is 15.9 Å². The van der Waals surface area contributed by atoms with Crippen LogP contribution in [0, 0.1) is 26.7 Å². The highest BCUT2D eigenvalue weighted by Crippen LogP contribution is 2.24. The lowest BCUT2D eigenvalue weighted by Gasteiger charge is -2.29. The molecule has 1 aliphatic rings. The van der Waals surface area contributed by atoms with Crippen molar-refractivity contribution in [3.8, 4) is 5.75 Å². The normalized spacial score (nSPS) is 16.0. The van der Waals surface area contributed by atoms with E-state index in [0.717, 1.165) is 16.7 Å². The van der Waals surface area contributed by atoms with E-state index in [1.54, 1.807) is 18.5 Å². The average molecular weight is 435 g/mol. The van der Waals surface area contributed by atoms with E-state index in [2.05, 4.69) is 10.3 Å². The highest BCUT2D eigenvalue weighted by atomic mass is 32.2. The van der Waals surface area contributed by atoms with Gasteiger partial charge >= 0.3 is 0 Å². The number of sulfonamides is 1. The fourth-order valence-corrected chi connectivity index (χ4v) is 5.30. The summed E-state index contributed by atoms with van der Waals surface area (Å²) in [5.41, 5.74) is 2.72. The molecule has 0 saturated carbocycles. The van der Waals surface area contributed by atoms with Gasteiger partial charge in [-0.2, -0.15) is 4.31 Å². The van der Waals surface area contributed by atoms with E-state index in [1.165, 1.54) is 10.5 Å². The molecule has 164 valence electrons. The molecule has 30 heavy (non-hydrogen) atoms. The second kappa shape index (κ2) is 8.77. The van der Waals surface area contributed by atoms with Crippen LogP contribution in [0.25, 0.3) is 0 Å². The van der Waals surface area contributed by atoms with Gasteiger partial charge in [-0.3, -0.25) is 4.79 Å². The second-order valence-electron chi connectivity index (χ2n) is 8.03. The molecule has 1 aromatic carbocycles. The smallest absolute Gasteiger partial charge is 0.262 e. The standard InChI is InChI=1S/C21H30N4O4S/c1-14-11-17(12-15(2)20(14)26)5-8-22-21(27)18-6-9-25(10-7-18)30(28,29)19-13-24(4)16(3)23-19/h11-13,18,26H,5-10H2,1-4H3,(H,22,27). The molecule has 0 aliphatic carbocycles. The van der Waals surface area contributed by atoms with Gasteiger partial charge in [-0.25, -0.2) is 13.4 Å². The topological polar surface area (TPSA) is 105 Å². The van der Waals surface area contributed by atoms with Gasteiger partial charge in [0.15, 0.2) is 5.03 Å². The van der Waals surface area contributed by atoms with Gasteiger partial charge in [0.1, 0.15) is 11.6 Å². The summed E-state index contributed by atoms with van der Waals surface area (Å²) in [6.45, 7) is 6.61. The minimum atomic E-state index is -3.63. The Morgan fingerprint density at radius 2 is 1.80 bits per heavy atom. The maximum Gasteiger partial charge on any atom is 0.262 e. The third-order valence-electron chi connectivity index (χ3n) is 5.78. The van der Waals surface area contributed by atoms with Crippen molar-refractivity contribution in [3.63, 3.8) is 0 Å². The number of amides is 1. The maximum absolute atomic E-state index is 12.8. The molecule has 0 bridgehead atoms. The Hall–Kier alpha value is -2.39. The molecule has 0 radical (unpaired) electrons. The van der Waals surface area contributed by atoms with Crippen molar-refractivity contribution in [1.82, 2.24) is 19.2 Å². The minimum absolute atomic E-state index is 0.0343. The average Bonchev–Trinajstić information content (AvgIpc) is 3.05. The molecule has 0 atom stereocenters. The molecule has 2 N–H and O–H groups in total. The van der Waals surface area contributed by atoms with Crippen molar-refractivity contribution in [3.05, 3.63) is 40.8 Å². The predicted octanol–water partition coefficient (Wildman–Crippen LogP) is 1.81. The number of aromatic hydroxyl groups is 1. The van der Waals surface area contributed by atoms with Crippen molar-refractivity contribution in [1.29, 1.82) is 0 Å². The molecule has 3 rings (SSSR count). The number of carbonyl (C=O) groups excluding carboxylic acids is 1. The third kappa shape index (κ3) is 4.67. The van der Waals surface area contributed by atoms with Gasteiger partial charge in [0.05, 0.1) is 0 Å². The van der Waals surface area contributed by atoms with Crippen molar-refractivity contribution in [2.24, 2.45) is 13.0 Å². The van der Waals surface area contributed by atoms with E-state index >= 15 is 0 Å². The summed E-state index contributed by atoms with van der Waals surface area (Å²) >= 11 is 0. The van der Waals surface area contributed by atoms with Crippen LogP contribution in [-0.2, 0) is 28.3 Å². The lowest BCUT2D eigenvalue weighted by Crippen LogP contribution is -2.43. The molecule has 1 fully saturated rings. The molecule has 2 aromatic rings. The number of hydrogen-bond acceptors (Lipinski definition) is 5. The molecule has 1 aliphatic heterocycles. The molecular formula is C21H30N4O4S. The van der Waals surface area contributed by atoms with Crippen LogP contribution >= 0.6 is 0 Å². The number of carbonyl (C=O) groups is 1. The lowest BCUT2D eigenvalue weighted by atomic mass is 9.97. The third-order valence-corrected chi connectivity index (χ3v) is 7.55. The van der Waals surface area contributed by atoms with Crippen LogP contribution in [0.15, 0.2) is 23.4 Å². The Bertz CT molecular complexity index is 995. The first kappa shape index (κ1) is 22.3. The number of aromatic nitrogens is 2. The quantitative estimate of drug-likeness (QED) is 0.722. The Morgan fingerprint density at radius 3 is 2.33 bits per heavy atom. The molecule has 0 unspecified atom stereocenters. The van der Waals surface area contributed by atoms with Gasteiger partial charge in [-0.1, -0.05) is 12.1 Å². The highest BCUT2D eigenvalue weighted by molar-refractivity contribution is 7.89. The van der Waals surface area contributed by atoms with Gasteiger partial charge in [0, 0.05) is 38.8 Å². The lowest BCUT2D eigenvalue weighted by molar-refractivity contribution is -0.126. The summed E-state index contributed by atoms with van der Waals surface area (Å²) in [5.74, 6) is 0.727. The number of rotatable bonds is 6. The predicted molar refractivity (Wildman–Crippen MR) is 114 cm³/mol. The number of nitrogens with one attached hydrogen (secondary N) is 1. The molecule has 1 amide bonds. The van der Waals surface area contributed by atoms with Crippen LogP contribution in [0.1, 0.15) is 35.4 Å². The maximum atomic E-state index is 12.8. The highest BCUT2D eigenvalue weighted by Gasteiger charge is 2.33. The molecule has 1 aromatic heterocycles. The van der Waals surface area contributed by atoms with Gasteiger partial charge in [-0.15, -0.1) is 0 Å². The number of nitrogens with zero attached hydrogens (tertiary/aromatic N) is 3. The Balaban J connectivity index is 1.50. The Labute approximate surface area is 178 Å². The van der Waals surface area contributed by atoms with Crippen LogP contribution in [0.2, 0.25) is 0 Å². The first-order valence-electron chi connectivity index (χ1n) is 10.2. The fourth-order valence-electron chi connectivity index (χ4n) is 3.81. The zero-order valence-corrected chi connectivity index (χ0v) is 18.8. The van der Waals surface area contributed by atoms with E-state index < -0.39 is 10.0 Å². The van der Waals surface area contributed by atoms with Crippen molar-refractivity contribution < 1.29 is 18.3 Å². The van der Waals surface area contributed by atoms with E-state index in [0.29, 0.717) is 50.5 Å². The van der Waals surface area contributed by atoms with Crippen LogP contribution in [-0.4, -0.2) is 52.9 Å². The number of piperidine rings is 1. The van der Waals surface area contributed by atoms with Crippen molar-refractivity contribution in [2.75, 3.05) is 19.6 Å². The summed E-state index contributed by atoms with van der Waals surface area (Å²) in [4.78, 5) is 16.7. The molecule has 1 saturated heterocycles. The fraction of sp³-hybridized carbons (Fsp3) is 0.524. The largest absolute Gasteiger partial charge is 0.507 e. The van der Waals surface area contributed by atoms with Crippen LogP contribution in [0.3, 0.4) is 0 Å². The first-order chi connectivity index (χ1) is 14.1. The first-order valence-corrected chi connectivity index (χ1v) is 11.6. The van der Waals surface area contributed by atoms with Gasteiger partial charge in [0.2, 0.25) is 5.91 Å². The summed E-state index contributed by atoms with van der Waals surface area (Å²) < 4.78 is 28.6. The molecule has 9 heteroatoms. The van der Waals surface area contributed by atoms with Crippen LogP contribution < -0.4 is 5.32 Å². The van der Waals surface area contributed by atoms with E-state index in [4.69, 9.17) is 0 Å². The van der Waals surface area contributed by atoms with Crippen LogP contribution in [0.5, 0.6) is 5.75 Å². The summed E-state index contributed by atoms with van der Waals surface area (Å²) in [6, 6.07) is 3.86. The Morgan fingerprint density at radius 1 is 1.20 bits per heavy atom. The number of phenols is 1. The van der Waals surface area contributed by atoms with E-state index in [-0.39, 0.29) is 16.9 Å². The van der Waals surface area contributed by atoms with Crippen LogP contribution in [0.4, 0.5) is 0 Å². The van der Waals surface area contributed by atoms with Gasteiger partial charge in [-0.05, 0) is 56.7 Å². The monoisotopic (exact) mass is 434 g/mol. The SMILES string of the molecule is Cc1cc(CCNC(=O)C2CCN(S(=O)(=O)c3cn(C)c(C)n3)CC2)cc(C)c1O. The number of phenolic OH excluding ortho intramolecular Hbond substituents is 1. The number of aryl methyl sites for hydroxylation is 4. The summed E-state index contributed by atoms with van der Waals surface area (Å²) in [6.07, 6.45) is 3.19. The second-order valence-corrected chi connectivity index (χ2v) is 9.92. The number of benzene rings is 1. The molecular weight excluding hydrogens is 404 g/mol. The molecule has 8 nitrogen and oxygen atoms in total. The summed E-state index contributed by atoms with van der Waals surface area (Å²) in [5, 5.41) is 12.9. The molecule has 0 spiro atoms. The van der Waals surface area contributed by atoms with Gasteiger partial charge < -0.3 is 15.0 Å². The van der Waals surface area contributed by atoms with E-state index in [1.807, 2.05) is 26.0 Å². The molecule has 2 heterocycles. The zero-order chi connectivity index (χ0) is 22.1. The minimum Gasteiger partial charge on any atom is -0.507 e. The number of hydrogen-bond donors (Lipinski definition) is 2. The van der Waals surface area contributed by atoms with E-state index in [9.17, 15) is 18.3 Å².